The third-order valence-electron chi connectivity index (χ3n) is 2.78. The van der Waals surface area contributed by atoms with E-state index in [-0.39, 0.29) is 18.3 Å². The van der Waals surface area contributed by atoms with Crippen LogP contribution >= 0.6 is 0 Å². The average molecular weight is 290 g/mol. The van der Waals surface area contributed by atoms with Gasteiger partial charge >= 0.3 is 5.97 Å². The number of fused-ring (bicyclic) bond motifs is 1. The highest BCUT2D eigenvalue weighted by molar-refractivity contribution is 5.87. The monoisotopic (exact) mass is 290 g/mol. The van der Waals surface area contributed by atoms with E-state index in [0.29, 0.717) is 24.7 Å². The lowest BCUT2D eigenvalue weighted by Gasteiger charge is -2.18. The molecule has 0 saturated carbocycles. The Labute approximate surface area is 120 Å². The number of hydrogen-bond acceptors (Lipinski definition) is 7. The molecule has 0 spiro atoms. The Morgan fingerprint density at radius 1 is 1.33 bits per heavy atom. The van der Waals surface area contributed by atoms with Gasteiger partial charge in [0.05, 0.1) is 6.61 Å². The highest BCUT2D eigenvalue weighted by Crippen LogP contribution is 2.33. The number of oxazole rings is 1. The summed E-state index contributed by atoms with van der Waals surface area (Å²) in [5.74, 6) is 0.839. The minimum Gasteiger partial charge on any atom is -0.486 e. The highest BCUT2D eigenvalue weighted by atomic mass is 16.6. The Balaban J connectivity index is 1.73. The molecular weight excluding hydrogens is 276 g/mol. The third-order valence-corrected chi connectivity index (χ3v) is 2.78. The molecule has 0 unspecified atom stereocenters. The normalized spacial score (nSPS) is 12.8. The molecule has 1 aromatic heterocycles. The van der Waals surface area contributed by atoms with E-state index in [1.807, 2.05) is 6.07 Å². The van der Waals surface area contributed by atoms with E-state index in [1.54, 1.807) is 19.1 Å². The summed E-state index contributed by atoms with van der Waals surface area (Å²) in [7, 11) is 0. The summed E-state index contributed by atoms with van der Waals surface area (Å²) in [4.78, 5) is 15.5. The van der Waals surface area contributed by atoms with Crippen molar-refractivity contribution in [1.29, 1.82) is 0 Å². The molecule has 7 heteroatoms. The second-order valence-corrected chi connectivity index (χ2v) is 4.24. The fourth-order valence-corrected chi connectivity index (χ4v) is 1.87. The fraction of sp³-hybridized carbons (Fsp3) is 0.286. The Hall–Kier alpha value is -2.70. The van der Waals surface area contributed by atoms with Gasteiger partial charge in [0.1, 0.15) is 19.5 Å². The number of rotatable bonds is 4. The number of nitrogens with one attached hydrogen (secondary N) is 1. The first-order valence-electron chi connectivity index (χ1n) is 6.55. The Morgan fingerprint density at radius 3 is 2.95 bits per heavy atom. The molecule has 1 aliphatic heterocycles. The van der Waals surface area contributed by atoms with E-state index >= 15 is 0 Å². The maximum atomic E-state index is 11.5. The van der Waals surface area contributed by atoms with Crippen LogP contribution in [-0.4, -0.2) is 30.8 Å². The van der Waals surface area contributed by atoms with Crippen LogP contribution in [0.15, 0.2) is 28.9 Å². The summed E-state index contributed by atoms with van der Waals surface area (Å²) in [5.41, 5.74) is 0.841. The molecule has 3 rings (SSSR count). The molecule has 2 aromatic rings. The van der Waals surface area contributed by atoms with E-state index in [0.717, 1.165) is 5.69 Å². The zero-order chi connectivity index (χ0) is 14.7. The summed E-state index contributed by atoms with van der Waals surface area (Å²) in [6, 6.07) is 5.59. The molecule has 1 aromatic carbocycles. The van der Waals surface area contributed by atoms with E-state index < -0.39 is 5.97 Å². The molecule has 0 aliphatic carbocycles. The molecule has 2 heterocycles. The molecule has 110 valence electrons. The third kappa shape index (κ3) is 2.91. The van der Waals surface area contributed by atoms with Gasteiger partial charge < -0.3 is 23.9 Å². The number of ether oxygens (including phenoxy) is 3. The maximum absolute atomic E-state index is 11.5. The van der Waals surface area contributed by atoms with Crippen LogP contribution in [0, 0.1) is 0 Å². The molecule has 0 radical (unpaired) electrons. The first-order valence-corrected chi connectivity index (χ1v) is 6.55. The number of anilines is 2. The van der Waals surface area contributed by atoms with Crippen molar-refractivity contribution in [2.24, 2.45) is 0 Å². The SMILES string of the molecule is CCOC(=O)c1coc(Nc2ccc3c(c2)OCCO3)n1. The molecule has 0 atom stereocenters. The highest BCUT2D eigenvalue weighted by Gasteiger charge is 2.15. The van der Waals surface area contributed by atoms with Gasteiger partial charge in [-0.15, -0.1) is 0 Å². The predicted molar refractivity (Wildman–Crippen MR) is 73.2 cm³/mol. The number of nitrogens with zero attached hydrogens (tertiary/aromatic N) is 1. The van der Waals surface area contributed by atoms with Crippen molar-refractivity contribution in [2.75, 3.05) is 25.1 Å². The first kappa shape index (κ1) is 13.3. The van der Waals surface area contributed by atoms with Gasteiger partial charge in [0.25, 0.3) is 6.01 Å². The van der Waals surface area contributed by atoms with E-state index in [4.69, 9.17) is 18.6 Å². The van der Waals surface area contributed by atoms with Crippen LogP contribution in [0.5, 0.6) is 11.5 Å². The molecular formula is C14H14N2O5. The van der Waals surface area contributed by atoms with Gasteiger partial charge in [-0.1, -0.05) is 0 Å². The van der Waals surface area contributed by atoms with Gasteiger partial charge in [0, 0.05) is 11.8 Å². The van der Waals surface area contributed by atoms with Crippen molar-refractivity contribution in [3.8, 4) is 11.5 Å². The second-order valence-electron chi connectivity index (χ2n) is 4.24. The standard InChI is InChI=1S/C14H14N2O5/c1-2-18-13(17)10-8-21-14(16-10)15-9-3-4-11-12(7-9)20-6-5-19-11/h3-4,7-8H,2,5-6H2,1H3,(H,15,16). The Morgan fingerprint density at radius 2 is 2.14 bits per heavy atom. The van der Waals surface area contributed by atoms with Gasteiger partial charge in [-0.3, -0.25) is 0 Å². The zero-order valence-corrected chi connectivity index (χ0v) is 11.4. The molecule has 7 nitrogen and oxygen atoms in total. The van der Waals surface area contributed by atoms with Crippen LogP contribution in [0.1, 0.15) is 17.4 Å². The number of aromatic nitrogens is 1. The second kappa shape index (κ2) is 5.74. The summed E-state index contributed by atoms with van der Waals surface area (Å²) in [5, 5.41) is 2.95. The Kier molecular flexibility index (Phi) is 3.63. The number of esters is 1. The van der Waals surface area contributed by atoms with Crippen LogP contribution in [0.25, 0.3) is 0 Å². The molecule has 0 bridgehead atoms. The molecule has 0 saturated heterocycles. The van der Waals surface area contributed by atoms with E-state index in [1.165, 1.54) is 6.26 Å². The summed E-state index contributed by atoms with van der Waals surface area (Å²) in [6.45, 7) is 3.08. The average Bonchev–Trinajstić information content (AvgIpc) is 2.96. The summed E-state index contributed by atoms with van der Waals surface area (Å²) < 4.78 is 21.0. The summed E-state index contributed by atoms with van der Waals surface area (Å²) in [6.07, 6.45) is 1.25. The topological polar surface area (TPSA) is 82.8 Å². The largest absolute Gasteiger partial charge is 0.486 e. The molecule has 21 heavy (non-hydrogen) atoms. The van der Waals surface area contributed by atoms with Crippen molar-refractivity contribution in [2.45, 2.75) is 6.92 Å². The number of hydrogen-bond donors (Lipinski definition) is 1. The van der Waals surface area contributed by atoms with Crippen molar-refractivity contribution >= 4 is 17.7 Å². The fourth-order valence-electron chi connectivity index (χ4n) is 1.87. The van der Waals surface area contributed by atoms with Crippen molar-refractivity contribution in [3.05, 3.63) is 30.2 Å². The van der Waals surface area contributed by atoms with E-state index in [9.17, 15) is 4.79 Å². The minimum absolute atomic E-state index is 0.122. The number of benzene rings is 1. The summed E-state index contributed by atoms with van der Waals surface area (Å²) >= 11 is 0. The first-order chi connectivity index (χ1) is 10.3. The Bertz CT molecular complexity index is 653. The zero-order valence-electron chi connectivity index (χ0n) is 11.4. The van der Waals surface area contributed by atoms with Crippen LogP contribution in [0.2, 0.25) is 0 Å². The van der Waals surface area contributed by atoms with Crippen LogP contribution in [-0.2, 0) is 4.74 Å². The predicted octanol–water partition coefficient (Wildman–Crippen LogP) is 2.37. The van der Waals surface area contributed by atoms with Gasteiger partial charge in [0.15, 0.2) is 17.2 Å². The van der Waals surface area contributed by atoms with Crippen molar-refractivity contribution < 1.29 is 23.4 Å². The molecule has 0 amide bonds. The van der Waals surface area contributed by atoms with Crippen LogP contribution in [0.3, 0.4) is 0 Å². The van der Waals surface area contributed by atoms with Crippen molar-refractivity contribution in [3.63, 3.8) is 0 Å². The molecule has 1 N–H and O–H groups in total. The molecule has 0 fully saturated rings. The lowest BCUT2D eigenvalue weighted by atomic mass is 10.2. The number of carbonyl (C=O) groups is 1. The van der Waals surface area contributed by atoms with Crippen molar-refractivity contribution in [1.82, 2.24) is 4.98 Å². The van der Waals surface area contributed by atoms with Gasteiger partial charge in [-0.2, -0.15) is 4.98 Å². The molecule has 1 aliphatic rings. The lowest BCUT2D eigenvalue weighted by Crippen LogP contribution is -2.15. The smallest absolute Gasteiger partial charge is 0.360 e. The maximum Gasteiger partial charge on any atom is 0.360 e. The van der Waals surface area contributed by atoms with Gasteiger partial charge in [-0.05, 0) is 19.1 Å². The van der Waals surface area contributed by atoms with Crippen LogP contribution in [0.4, 0.5) is 11.7 Å². The van der Waals surface area contributed by atoms with Gasteiger partial charge in [-0.25, -0.2) is 4.79 Å². The minimum atomic E-state index is -0.517. The number of carbonyl (C=O) groups excluding carboxylic acids is 1. The lowest BCUT2D eigenvalue weighted by molar-refractivity contribution is 0.0519. The van der Waals surface area contributed by atoms with Crippen LogP contribution < -0.4 is 14.8 Å². The quantitative estimate of drug-likeness (QED) is 0.865. The van der Waals surface area contributed by atoms with Gasteiger partial charge in [0.2, 0.25) is 0 Å². The van der Waals surface area contributed by atoms with E-state index in [2.05, 4.69) is 10.3 Å².